The van der Waals surface area contributed by atoms with Gasteiger partial charge in [0.05, 0.1) is 12.0 Å². The molecule has 1 saturated heterocycles. The lowest BCUT2D eigenvalue weighted by Crippen LogP contribution is -2.38. The van der Waals surface area contributed by atoms with Crippen LogP contribution in [0.5, 0.6) is 5.75 Å². The number of aliphatic hydroxyl groups is 1. The first-order chi connectivity index (χ1) is 12.0. The van der Waals surface area contributed by atoms with Crippen LogP contribution < -0.4 is 9.64 Å². The van der Waals surface area contributed by atoms with E-state index < -0.39 is 11.0 Å². The van der Waals surface area contributed by atoms with Gasteiger partial charge in [0.2, 0.25) is 0 Å². The van der Waals surface area contributed by atoms with Gasteiger partial charge in [-0.15, -0.1) is 0 Å². The first-order valence-corrected chi connectivity index (χ1v) is 8.24. The molecule has 0 amide bonds. The Kier molecular flexibility index (Phi) is 4.89. The van der Waals surface area contributed by atoms with Crippen LogP contribution in [0.2, 0.25) is 0 Å². The number of rotatable bonds is 5. The van der Waals surface area contributed by atoms with E-state index in [9.17, 15) is 15.2 Å². The Labute approximate surface area is 145 Å². The molecule has 3 rings (SSSR count). The van der Waals surface area contributed by atoms with Crippen molar-refractivity contribution in [3.8, 4) is 5.75 Å². The summed E-state index contributed by atoms with van der Waals surface area (Å²) < 4.78 is 6.99. The third kappa shape index (κ3) is 3.43. The van der Waals surface area contributed by atoms with Gasteiger partial charge in [-0.05, 0) is 18.9 Å². The molecule has 1 aliphatic heterocycles. The molecule has 1 fully saturated rings. The molecule has 0 aliphatic carbocycles. The highest BCUT2D eigenvalue weighted by Gasteiger charge is 2.30. The lowest BCUT2D eigenvalue weighted by atomic mass is 9.91. The highest BCUT2D eigenvalue weighted by Crippen LogP contribution is 2.35. The molecule has 1 aromatic heterocycles. The molecular weight excluding hydrogens is 324 g/mol. The molecule has 1 N–H and O–H groups in total. The van der Waals surface area contributed by atoms with E-state index in [2.05, 4.69) is 9.88 Å². The Morgan fingerprint density at radius 2 is 2.28 bits per heavy atom. The van der Waals surface area contributed by atoms with Gasteiger partial charge in [-0.2, -0.15) is 0 Å². The van der Waals surface area contributed by atoms with E-state index in [-0.39, 0.29) is 17.4 Å². The highest BCUT2D eigenvalue weighted by molar-refractivity contribution is 5.59. The molecule has 0 bridgehead atoms. The summed E-state index contributed by atoms with van der Waals surface area (Å²) in [5.74, 6) is 0.957. The zero-order valence-corrected chi connectivity index (χ0v) is 14.3. The Hall–Kier alpha value is -2.61. The second-order valence-electron chi connectivity index (χ2n) is 6.30. The first-order valence-electron chi connectivity index (χ1n) is 8.24. The lowest BCUT2D eigenvalue weighted by molar-refractivity contribution is -0.385. The summed E-state index contributed by atoms with van der Waals surface area (Å²) in [5, 5.41) is 21.7. The van der Waals surface area contributed by atoms with Crippen molar-refractivity contribution in [2.24, 2.45) is 13.0 Å². The molecule has 8 heteroatoms. The van der Waals surface area contributed by atoms with Gasteiger partial charge in [-0.1, -0.05) is 0 Å². The fourth-order valence-electron chi connectivity index (χ4n) is 3.39. The molecule has 1 aromatic carbocycles. The van der Waals surface area contributed by atoms with Crippen molar-refractivity contribution in [3.63, 3.8) is 0 Å². The number of methoxy groups -OCH3 is 1. The summed E-state index contributed by atoms with van der Waals surface area (Å²) >= 11 is 0. The molecule has 2 atom stereocenters. The molecule has 1 aliphatic rings. The number of nitro benzene ring substituents is 1. The average Bonchev–Trinajstić information content (AvgIpc) is 3.06. The van der Waals surface area contributed by atoms with Gasteiger partial charge >= 0.3 is 5.69 Å². The summed E-state index contributed by atoms with van der Waals surface area (Å²) in [5.41, 5.74) is 0.812. The molecule has 2 aromatic rings. The number of hydrogen-bond donors (Lipinski definition) is 1. The molecule has 2 heterocycles. The van der Waals surface area contributed by atoms with E-state index >= 15 is 0 Å². The minimum Gasteiger partial charge on any atom is -0.490 e. The number of hydrogen-bond acceptors (Lipinski definition) is 6. The van der Waals surface area contributed by atoms with E-state index in [1.165, 1.54) is 13.2 Å². The zero-order chi connectivity index (χ0) is 18.0. The third-order valence-electron chi connectivity index (χ3n) is 4.75. The SMILES string of the molecule is COc1cc(N2CCC[C@H]([C@H](O)c3nccn3C)C2)ccc1[N+](=O)[O-]. The summed E-state index contributed by atoms with van der Waals surface area (Å²) in [4.78, 5) is 17.0. The number of aryl methyl sites for hydroxylation is 1. The molecule has 25 heavy (non-hydrogen) atoms. The van der Waals surface area contributed by atoms with Gasteiger partial charge in [-0.25, -0.2) is 4.98 Å². The van der Waals surface area contributed by atoms with Gasteiger partial charge in [0.25, 0.3) is 0 Å². The number of anilines is 1. The molecule has 0 unspecified atom stereocenters. The maximum atomic E-state index is 11.0. The molecule has 0 radical (unpaired) electrons. The van der Waals surface area contributed by atoms with Crippen molar-refractivity contribution in [3.05, 3.63) is 46.5 Å². The zero-order valence-electron chi connectivity index (χ0n) is 14.3. The fourth-order valence-corrected chi connectivity index (χ4v) is 3.39. The minimum absolute atomic E-state index is 0.0483. The first kappa shape index (κ1) is 17.2. The second-order valence-corrected chi connectivity index (χ2v) is 6.30. The number of piperidine rings is 1. The number of nitro groups is 1. The van der Waals surface area contributed by atoms with Gasteiger partial charge in [0.15, 0.2) is 5.75 Å². The number of ether oxygens (including phenoxy) is 1. The quantitative estimate of drug-likeness (QED) is 0.659. The summed E-state index contributed by atoms with van der Waals surface area (Å²) in [6, 6.07) is 4.89. The molecule has 134 valence electrons. The normalized spacial score (nSPS) is 18.8. The topological polar surface area (TPSA) is 93.7 Å². The van der Waals surface area contributed by atoms with E-state index in [4.69, 9.17) is 4.74 Å². The van der Waals surface area contributed by atoms with Crippen LogP contribution in [0.1, 0.15) is 24.8 Å². The average molecular weight is 346 g/mol. The van der Waals surface area contributed by atoms with Crippen LogP contribution in [0, 0.1) is 16.0 Å². The highest BCUT2D eigenvalue weighted by atomic mass is 16.6. The van der Waals surface area contributed by atoms with Crippen molar-refractivity contribution in [2.75, 3.05) is 25.1 Å². The van der Waals surface area contributed by atoms with Gasteiger partial charge in [-0.3, -0.25) is 10.1 Å². The number of benzene rings is 1. The predicted octanol–water partition coefficient (Wildman–Crippen LogP) is 2.29. The van der Waals surface area contributed by atoms with Crippen LogP contribution in [-0.4, -0.2) is 39.8 Å². The van der Waals surface area contributed by atoms with E-state index in [0.717, 1.165) is 25.1 Å². The summed E-state index contributed by atoms with van der Waals surface area (Å²) in [7, 11) is 3.29. The van der Waals surface area contributed by atoms with E-state index in [1.54, 1.807) is 18.3 Å². The molecule has 0 spiro atoms. The molecular formula is C17H22N4O4. The van der Waals surface area contributed by atoms with Crippen LogP contribution in [0.3, 0.4) is 0 Å². The smallest absolute Gasteiger partial charge is 0.311 e. The van der Waals surface area contributed by atoms with Crippen molar-refractivity contribution < 1.29 is 14.8 Å². The summed E-state index contributed by atoms with van der Waals surface area (Å²) in [6.07, 6.45) is 4.71. The molecule has 8 nitrogen and oxygen atoms in total. The maximum absolute atomic E-state index is 11.0. The Bertz CT molecular complexity index is 761. The fraction of sp³-hybridized carbons (Fsp3) is 0.471. The standard InChI is InChI=1S/C17H22N4O4/c1-19-9-7-18-17(19)16(22)12-4-3-8-20(11-12)13-5-6-14(21(23)24)15(10-13)25-2/h5-7,9-10,12,16,22H,3-4,8,11H2,1-2H3/t12-,16-/m0/s1. The maximum Gasteiger partial charge on any atom is 0.311 e. The molecule has 0 saturated carbocycles. The predicted molar refractivity (Wildman–Crippen MR) is 92.8 cm³/mol. The number of imidazole rings is 1. The number of nitrogens with zero attached hydrogens (tertiary/aromatic N) is 4. The van der Waals surface area contributed by atoms with Crippen molar-refractivity contribution >= 4 is 11.4 Å². The van der Waals surface area contributed by atoms with Crippen LogP contribution in [0.4, 0.5) is 11.4 Å². The van der Waals surface area contributed by atoms with Crippen LogP contribution >= 0.6 is 0 Å². The van der Waals surface area contributed by atoms with Crippen LogP contribution in [0.15, 0.2) is 30.6 Å². The Morgan fingerprint density at radius 3 is 2.92 bits per heavy atom. The number of aliphatic hydroxyl groups excluding tert-OH is 1. The van der Waals surface area contributed by atoms with E-state index in [1.807, 2.05) is 17.8 Å². The van der Waals surface area contributed by atoms with Gasteiger partial charge in [0, 0.05) is 56.3 Å². The second kappa shape index (κ2) is 7.10. The Balaban J connectivity index is 1.79. The monoisotopic (exact) mass is 346 g/mol. The van der Waals surface area contributed by atoms with Gasteiger partial charge in [0.1, 0.15) is 11.9 Å². The van der Waals surface area contributed by atoms with Crippen molar-refractivity contribution in [1.29, 1.82) is 0 Å². The Morgan fingerprint density at radius 1 is 1.48 bits per heavy atom. The van der Waals surface area contributed by atoms with Crippen LogP contribution in [-0.2, 0) is 7.05 Å². The van der Waals surface area contributed by atoms with Crippen molar-refractivity contribution in [2.45, 2.75) is 18.9 Å². The minimum atomic E-state index is -0.636. The lowest BCUT2D eigenvalue weighted by Gasteiger charge is -2.36. The summed E-state index contributed by atoms with van der Waals surface area (Å²) in [6.45, 7) is 1.50. The van der Waals surface area contributed by atoms with E-state index in [0.29, 0.717) is 12.4 Å². The third-order valence-corrected chi connectivity index (χ3v) is 4.75. The van der Waals surface area contributed by atoms with Crippen LogP contribution in [0.25, 0.3) is 0 Å². The van der Waals surface area contributed by atoms with Gasteiger partial charge < -0.3 is 19.3 Å². The van der Waals surface area contributed by atoms with Crippen molar-refractivity contribution in [1.82, 2.24) is 9.55 Å². The largest absolute Gasteiger partial charge is 0.490 e. The number of aromatic nitrogens is 2.